The van der Waals surface area contributed by atoms with Crippen molar-refractivity contribution in [3.8, 4) is 5.75 Å². The first kappa shape index (κ1) is 12.9. The van der Waals surface area contributed by atoms with Crippen LogP contribution in [0.25, 0.3) is 0 Å². The van der Waals surface area contributed by atoms with Crippen LogP contribution in [-0.2, 0) is 16.0 Å². The van der Waals surface area contributed by atoms with Crippen LogP contribution in [0.4, 0.5) is 0 Å². The van der Waals surface area contributed by atoms with Gasteiger partial charge in [0, 0.05) is 0 Å². The van der Waals surface area contributed by atoms with E-state index in [0.29, 0.717) is 5.75 Å². The molecule has 1 aromatic carbocycles. The Morgan fingerprint density at radius 2 is 2.28 bits per heavy atom. The van der Waals surface area contributed by atoms with Crippen LogP contribution in [0, 0.1) is 0 Å². The molecule has 0 amide bonds. The average Bonchev–Trinajstić information content (AvgIpc) is 2.38. The van der Waals surface area contributed by atoms with E-state index in [-0.39, 0.29) is 6.10 Å². The summed E-state index contributed by atoms with van der Waals surface area (Å²) < 4.78 is 10.1. The van der Waals surface area contributed by atoms with Crippen LogP contribution in [0.3, 0.4) is 0 Å². The third-order valence-electron chi connectivity index (χ3n) is 3.24. The molecule has 0 saturated heterocycles. The van der Waals surface area contributed by atoms with Gasteiger partial charge in [0.15, 0.2) is 6.10 Å². The van der Waals surface area contributed by atoms with Crippen molar-refractivity contribution in [2.45, 2.75) is 38.4 Å². The summed E-state index contributed by atoms with van der Waals surface area (Å²) in [5.41, 5.74) is 2.07. The zero-order valence-corrected chi connectivity index (χ0v) is 10.7. The number of aliphatic hydroxyl groups is 1. The molecule has 2 atom stereocenters. The largest absolute Gasteiger partial charge is 0.479 e. The molecule has 1 aromatic rings. The van der Waals surface area contributed by atoms with Gasteiger partial charge in [-0.2, -0.15) is 0 Å². The maximum absolute atomic E-state index is 11.3. The molecule has 4 heteroatoms. The van der Waals surface area contributed by atoms with Crippen molar-refractivity contribution in [1.82, 2.24) is 0 Å². The number of carbonyl (C=O) groups is 1. The lowest BCUT2D eigenvalue weighted by Crippen LogP contribution is -2.25. The van der Waals surface area contributed by atoms with Crippen LogP contribution in [0.2, 0.25) is 0 Å². The van der Waals surface area contributed by atoms with Gasteiger partial charge in [-0.15, -0.1) is 0 Å². The second-order valence-electron chi connectivity index (χ2n) is 4.55. The molecule has 98 valence electrons. The van der Waals surface area contributed by atoms with Gasteiger partial charge in [-0.1, -0.05) is 6.07 Å². The molecule has 1 aliphatic carbocycles. The number of rotatable bonds is 3. The zero-order valence-electron chi connectivity index (χ0n) is 10.7. The molecule has 18 heavy (non-hydrogen) atoms. The number of methoxy groups -OCH3 is 1. The van der Waals surface area contributed by atoms with Gasteiger partial charge in [-0.3, -0.25) is 0 Å². The Morgan fingerprint density at radius 1 is 1.50 bits per heavy atom. The topological polar surface area (TPSA) is 55.8 Å². The van der Waals surface area contributed by atoms with Gasteiger partial charge in [0.05, 0.1) is 13.2 Å². The van der Waals surface area contributed by atoms with Gasteiger partial charge in [-0.25, -0.2) is 4.79 Å². The number of benzene rings is 1. The Bertz CT molecular complexity index is 441. The van der Waals surface area contributed by atoms with Crippen molar-refractivity contribution in [3.63, 3.8) is 0 Å². The van der Waals surface area contributed by atoms with Crippen LogP contribution in [0.5, 0.6) is 5.75 Å². The van der Waals surface area contributed by atoms with Crippen molar-refractivity contribution in [2.75, 3.05) is 7.11 Å². The molecule has 0 aromatic heterocycles. The smallest absolute Gasteiger partial charge is 0.346 e. The molecule has 0 bridgehead atoms. The fourth-order valence-corrected chi connectivity index (χ4v) is 2.26. The molecule has 0 saturated carbocycles. The maximum Gasteiger partial charge on any atom is 0.346 e. The number of aliphatic hydroxyl groups excluding tert-OH is 1. The van der Waals surface area contributed by atoms with Gasteiger partial charge in [0.1, 0.15) is 5.75 Å². The third-order valence-corrected chi connectivity index (χ3v) is 3.24. The normalized spacial score (nSPS) is 19.8. The first-order chi connectivity index (χ1) is 8.61. The Hall–Kier alpha value is -1.55. The summed E-state index contributed by atoms with van der Waals surface area (Å²) in [6, 6.07) is 5.56. The monoisotopic (exact) mass is 250 g/mol. The molecule has 0 heterocycles. The Balaban J connectivity index is 2.14. The lowest BCUT2D eigenvalue weighted by Gasteiger charge is -2.22. The second-order valence-corrected chi connectivity index (χ2v) is 4.55. The summed E-state index contributed by atoms with van der Waals surface area (Å²) >= 11 is 0. The van der Waals surface area contributed by atoms with Gasteiger partial charge in [0.25, 0.3) is 0 Å². The Morgan fingerprint density at radius 3 is 3.00 bits per heavy atom. The lowest BCUT2D eigenvalue weighted by atomic mass is 9.89. The highest BCUT2D eigenvalue weighted by atomic mass is 16.6. The van der Waals surface area contributed by atoms with Gasteiger partial charge < -0.3 is 14.6 Å². The average molecular weight is 250 g/mol. The van der Waals surface area contributed by atoms with Crippen LogP contribution in [-0.4, -0.2) is 24.3 Å². The van der Waals surface area contributed by atoms with E-state index >= 15 is 0 Å². The molecule has 0 aliphatic heterocycles. The SMILES string of the molecule is COC(=O)C(C)Oc1ccc2c(c1)CCCC2O. The predicted molar refractivity (Wildman–Crippen MR) is 66.4 cm³/mol. The van der Waals surface area contributed by atoms with Crippen molar-refractivity contribution >= 4 is 5.97 Å². The predicted octanol–water partition coefficient (Wildman–Crippen LogP) is 2.00. The summed E-state index contributed by atoms with van der Waals surface area (Å²) in [5.74, 6) is 0.244. The van der Waals surface area contributed by atoms with E-state index in [1.807, 2.05) is 12.1 Å². The summed E-state index contributed by atoms with van der Waals surface area (Å²) in [5, 5.41) is 9.85. The molecule has 0 radical (unpaired) electrons. The van der Waals surface area contributed by atoms with E-state index in [4.69, 9.17) is 4.74 Å². The van der Waals surface area contributed by atoms with E-state index in [9.17, 15) is 9.90 Å². The molecule has 1 aliphatic rings. The number of esters is 1. The van der Waals surface area contributed by atoms with Crippen molar-refractivity contribution < 1.29 is 19.4 Å². The number of hydrogen-bond acceptors (Lipinski definition) is 4. The highest BCUT2D eigenvalue weighted by Gasteiger charge is 2.20. The fourth-order valence-electron chi connectivity index (χ4n) is 2.26. The first-order valence-corrected chi connectivity index (χ1v) is 6.17. The second kappa shape index (κ2) is 5.40. The van der Waals surface area contributed by atoms with E-state index in [1.165, 1.54) is 7.11 Å². The van der Waals surface area contributed by atoms with Crippen LogP contribution >= 0.6 is 0 Å². The standard InChI is InChI=1S/C14H18O4/c1-9(14(16)17-2)18-11-6-7-12-10(8-11)4-3-5-13(12)15/h6-9,13,15H,3-5H2,1-2H3. The number of hydrogen-bond donors (Lipinski definition) is 1. The minimum Gasteiger partial charge on any atom is -0.479 e. The maximum atomic E-state index is 11.3. The minimum absolute atomic E-state index is 0.374. The van der Waals surface area contributed by atoms with Crippen LogP contribution in [0.1, 0.15) is 37.0 Å². The number of carbonyl (C=O) groups excluding carboxylic acids is 1. The van der Waals surface area contributed by atoms with E-state index in [2.05, 4.69) is 4.74 Å². The quantitative estimate of drug-likeness (QED) is 0.834. The van der Waals surface area contributed by atoms with Crippen molar-refractivity contribution in [3.05, 3.63) is 29.3 Å². The van der Waals surface area contributed by atoms with Crippen molar-refractivity contribution in [2.24, 2.45) is 0 Å². The molecule has 4 nitrogen and oxygen atoms in total. The molecular formula is C14H18O4. The minimum atomic E-state index is -0.624. The van der Waals surface area contributed by atoms with Gasteiger partial charge in [-0.05, 0) is 49.4 Å². The summed E-state index contributed by atoms with van der Waals surface area (Å²) in [4.78, 5) is 11.3. The zero-order chi connectivity index (χ0) is 13.1. The fraction of sp³-hybridized carbons (Fsp3) is 0.500. The summed E-state index contributed by atoms with van der Waals surface area (Å²) in [6.07, 6.45) is 1.73. The van der Waals surface area contributed by atoms with E-state index < -0.39 is 12.1 Å². The van der Waals surface area contributed by atoms with Crippen LogP contribution in [0.15, 0.2) is 18.2 Å². The van der Waals surface area contributed by atoms with Crippen molar-refractivity contribution in [1.29, 1.82) is 0 Å². The highest BCUT2D eigenvalue weighted by molar-refractivity contribution is 5.74. The number of aryl methyl sites for hydroxylation is 1. The first-order valence-electron chi connectivity index (χ1n) is 6.17. The summed E-state index contributed by atoms with van der Waals surface area (Å²) in [6.45, 7) is 1.65. The third kappa shape index (κ3) is 2.64. The van der Waals surface area contributed by atoms with E-state index in [0.717, 1.165) is 30.4 Å². The van der Waals surface area contributed by atoms with E-state index in [1.54, 1.807) is 13.0 Å². The highest BCUT2D eigenvalue weighted by Crippen LogP contribution is 2.32. The molecule has 0 fully saturated rings. The van der Waals surface area contributed by atoms with Gasteiger partial charge >= 0.3 is 5.97 Å². The Labute approximate surface area is 107 Å². The summed E-state index contributed by atoms with van der Waals surface area (Å²) in [7, 11) is 1.34. The van der Waals surface area contributed by atoms with Crippen LogP contribution < -0.4 is 4.74 Å². The van der Waals surface area contributed by atoms with Gasteiger partial charge in [0.2, 0.25) is 0 Å². The Kier molecular flexibility index (Phi) is 3.87. The molecule has 0 spiro atoms. The number of ether oxygens (including phenoxy) is 2. The number of fused-ring (bicyclic) bond motifs is 1. The molecule has 2 rings (SSSR count). The molecule has 2 unspecified atom stereocenters. The molecular weight excluding hydrogens is 232 g/mol. The lowest BCUT2D eigenvalue weighted by molar-refractivity contribution is -0.147. The molecule has 1 N–H and O–H groups in total.